The summed E-state index contributed by atoms with van der Waals surface area (Å²) in [7, 11) is 1.62. The Kier molecular flexibility index (Phi) is 3.08. The van der Waals surface area contributed by atoms with Crippen LogP contribution in [0.2, 0.25) is 0 Å². The average Bonchev–Trinajstić information content (AvgIpc) is 1.90. The van der Waals surface area contributed by atoms with Gasteiger partial charge in [0.1, 0.15) is 0 Å². The van der Waals surface area contributed by atoms with Crippen molar-refractivity contribution in [1.82, 2.24) is 0 Å². The predicted octanol–water partition coefficient (Wildman–Crippen LogP) is 1.74. The fourth-order valence-electron chi connectivity index (χ4n) is 0.794. The maximum atomic E-state index is 5.20. The van der Waals surface area contributed by atoms with Gasteiger partial charge in [0.15, 0.2) is 0 Å². The summed E-state index contributed by atoms with van der Waals surface area (Å²) >= 11 is 4.10. The van der Waals surface area contributed by atoms with Crippen LogP contribution in [0.25, 0.3) is 0 Å². The number of thiol groups is 1. The Morgan fingerprint density at radius 1 is 1.62 bits per heavy atom. The lowest BCUT2D eigenvalue weighted by Crippen LogP contribution is -2.17. The van der Waals surface area contributed by atoms with Gasteiger partial charge in [-0.3, -0.25) is 0 Å². The van der Waals surface area contributed by atoms with Crippen LogP contribution in [0.4, 0.5) is 0 Å². The Hall–Kier alpha value is 0.660. The first-order valence-electron chi connectivity index (χ1n) is 2.81. The highest BCUT2D eigenvalue weighted by atomic mass is 33.1. The number of hydrogen-bond donors (Lipinski definition) is 1. The van der Waals surface area contributed by atoms with Crippen LogP contribution in [0.5, 0.6) is 0 Å². The fourth-order valence-corrected chi connectivity index (χ4v) is 1.72. The van der Waals surface area contributed by atoms with Crippen LogP contribution in [0, 0.1) is 0 Å². The zero-order valence-electron chi connectivity index (χ0n) is 4.67. The average molecular weight is 150 g/mol. The molecule has 1 aliphatic heterocycles. The van der Waals surface area contributed by atoms with Gasteiger partial charge >= 0.3 is 0 Å². The molecule has 0 bridgehead atoms. The third-order valence-electron chi connectivity index (χ3n) is 1.27. The van der Waals surface area contributed by atoms with Crippen LogP contribution < -0.4 is 0 Å². The topological polar surface area (TPSA) is 9.23 Å². The van der Waals surface area contributed by atoms with Gasteiger partial charge in [-0.15, -0.1) is 11.7 Å². The van der Waals surface area contributed by atoms with E-state index in [4.69, 9.17) is 4.74 Å². The van der Waals surface area contributed by atoms with Crippen molar-refractivity contribution in [3.05, 3.63) is 0 Å². The van der Waals surface area contributed by atoms with E-state index in [1.165, 1.54) is 12.8 Å². The van der Waals surface area contributed by atoms with E-state index in [2.05, 4.69) is 11.7 Å². The highest BCUT2D eigenvalue weighted by Crippen LogP contribution is 2.22. The van der Waals surface area contributed by atoms with Gasteiger partial charge in [-0.25, -0.2) is 0 Å². The SMILES string of the molecule is SSC1CCCOC1. The third-order valence-corrected chi connectivity index (χ3v) is 2.83. The van der Waals surface area contributed by atoms with Gasteiger partial charge in [0.2, 0.25) is 0 Å². The monoisotopic (exact) mass is 150 g/mol. The van der Waals surface area contributed by atoms with Crippen molar-refractivity contribution < 1.29 is 4.74 Å². The summed E-state index contributed by atoms with van der Waals surface area (Å²) in [5.74, 6) is 0. The zero-order valence-corrected chi connectivity index (χ0v) is 6.38. The lowest BCUT2D eigenvalue weighted by atomic mass is 10.2. The molecule has 0 aliphatic carbocycles. The van der Waals surface area contributed by atoms with Crippen molar-refractivity contribution in [2.24, 2.45) is 0 Å². The van der Waals surface area contributed by atoms with E-state index < -0.39 is 0 Å². The van der Waals surface area contributed by atoms with Gasteiger partial charge in [0.05, 0.1) is 6.61 Å². The lowest BCUT2D eigenvalue weighted by molar-refractivity contribution is 0.102. The molecule has 1 heterocycles. The second kappa shape index (κ2) is 3.64. The normalized spacial score (nSPS) is 30.4. The molecule has 1 rings (SSSR count). The standard InChI is InChI=1S/C5H10OS2/c7-8-5-2-1-3-6-4-5/h5,7H,1-4H2. The van der Waals surface area contributed by atoms with Crippen molar-refractivity contribution in [2.45, 2.75) is 18.1 Å². The highest BCUT2D eigenvalue weighted by Gasteiger charge is 2.11. The smallest absolute Gasteiger partial charge is 0.0593 e. The Morgan fingerprint density at radius 2 is 2.50 bits per heavy atom. The summed E-state index contributed by atoms with van der Waals surface area (Å²) in [4.78, 5) is 0. The quantitative estimate of drug-likeness (QED) is 0.450. The molecule has 0 aromatic rings. The molecule has 0 spiro atoms. The van der Waals surface area contributed by atoms with Crippen molar-refractivity contribution in [1.29, 1.82) is 0 Å². The second-order valence-corrected chi connectivity index (χ2v) is 3.45. The molecule has 8 heavy (non-hydrogen) atoms. The summed E-state index contributed by atoms with van der Waals surface area (Å²) < 4.78 is 5.20. The van der Waals surface area contributed by atoms with Crippen molar-refractivity contribution in [3.63, 3.8) is 0 Å². The van der Waals surface area contributed by atoms with E-state index in [1.807, 2.05) is 0 Å². The highest BCUT2D eigenvalue weighted by molar-refractivity contribution is 8.68. The van der Waals surface area contributed by atoms with Crippen LogP contribution in [0.1, 0.15) is 12.8 Å². The predicted molar refractivity (Wildman–Crippen MR) is 40.4 cm³/mol. The third kappa shape index (κ3) is 1.88. The first-order chi connectivity index (χ1) is 3.93. The largest absolute Gasteiger partial charge is 0.380 e. The fraction of sp³-hybridized carbons (Fsp3) is 1.00. The number of ether oxygens (including phenoxy) is 1. The molecule has 0 saturated carbocycles. The zero-order chi connectivity index (χ0) is 5.82. The van der Waals surface area contributed by atoms with E-state index in [-0.39, 0.29) is 0 Å². The van der Waals surface area contributed by atoms with Gasteiger partial charge in [-0.1, -0.05) is 10.8 Å². The molecule has 1 unspecified atom stereocenters. The van der Waals surface area contributed by atoms with Crippen LogP contribution in [0.15, 0.2) is 0 Å². The Morgan fingerprint density at radius 3 is 2.88 bits per heavy atom. The molecule has 0 amide bonds. The maximum Gasteiger partial charge on any atom is 0.0593 e. The lowest BCUT2D eigenvalue weighted by Gasteiger charge is -2.18. The van der Waals surface area contributed by atoms with E-state index >= 15 is 0 Å². The van der Waals surface area contributed by atoms with Crippen molar-refractivity contribution in [2.75, 3.05) is 13.2 Å². The van der Waals surface area contributed by atoms with E-state index in [0.29, 0.717) is 5.25 Å². The van der Waals surface area contributed by atoms with E-state index in [9.17, 15) is 0 Å². The minimum absolute atomic E-state index is 0.645. The van der Waals surface area contributed by atoms with E-state index in [0.717, 1.165) is 13.2 Å². The molecular weight excluding hydrogens is 140 g/mol. The van der Waals surface area contributed by atoms with Gasteiger partial charge in [0, 0.05) is 11.9 Å². The summed E-state index contributed by atoms with van der Waals surface area (Å²) in [5.41, 5.74) is 0. The molecule has 48 valence electrons. The Bertz CT molecular complexity index is 61.4. The summed E-state index contributed by atoms with van der Waals surface area (Å²) in [6.45, 7) is 1.85. The molecule has 0 N–H and O–H groups in total. The summed E-state index contributed by atoms with van der Waals surface area (Å²) in [5, 5.41) is 0.645. The molecule has 0 radical (unpaired) electrons. The van der Waals surface area contributed by atoms with Crippen LogP contribution >= 0.6 is 22.5 Å². The minimum Gasteiger partial charge on any atom is -0.380 e. The molecule has 1 nitrogen and oxygen atoms in total. The molecule has 3 heteroatoms. The van der Waals surface area contributed by atoms with Crippen molar-refractivity contribution >= 4 is 22.5 Å². The van der Waals surface area contributed by atoms with Gasteiger partial charge in [-0.05, 0) is 12.8 Å². The molecule has 0 aromatic heterocycles. The Labute approximate surface area is 59.0 Å². The van der Waals surface area contributed by atoms with Crippen LogP contribution in [-0.2, 0) is 4.74 Å². The number of hydrogen-bond acceptors (Lipinski definition) is 3. The molecule has 1 aliphatic rings. The Balaban J connectivity index is 2.13. The van der Waals surface area contributed by atoms with Crippen LogP contribution in [-0.4, -0.2) is 18.5 Å². The maximum absolute atomic E-state index is 5.20. The van der Waals surface area contributed by atoms with Crippen LogP contribution in [0.3, 0.4) is 0 Å². The van der Waals surface area contributed by atoms with Gasteiger partial charge < -0.3 is 4.74 Å². The van der Waals surface area contributed by atoms with Gasteiger partial charge in [-0.2, -0.15) is 0 Å². The first-order valence-corrected chi connectivity index (χ1v) is 4.74. The molecular formula is C5H10OS2. The molecule has 1 fully saturated rings. The second-order valence-electron chi connectivity index (χ2n) is 1.94. The minimum atomic E-state index is 0.645. The summed E-state index contributed by atoms with van der Waals surface area (Å²) in [6, 6.07) is 0. The summed E-state index contributed by atoms with van der Waals surface area (Å²) in [6.07, 6.45) is 2.48. The molecule has 1 atom stereocenters. The van der Waals surface area contributed by atoms with E-state index in [1.54, 1.807) is 10.8 Å². The molecule has 1 saturated heterocycles. The van der Waals surface area contributed by atoms with Gasteiger partial charge in [0.25, 0.3) is 0 Å². The van der Waals surface area contributed by atoms with Crippen molar-refractivity contribution in [3.8, 4) is 0 Å². The first kappa shape index (κ1) is 6.78. The number of rotatable bonds is 1. The molecule has 0 aromatic carbocycles.